The number of anilines is 1. The van der Waals surface area contributed by atoms with E-state index in [4.69, 9.17) is 16.0 Å². The molecule has 0 aliphatic carbocycles. The molecular weight excluding hydrogens is 384 g/mol. The summed E-state index contributed by atoms with van der Waals surface area (Å²) in [4.78, 5) is 12.7. The largest absolute Gasteiger partial charge is 0.457 e. The van der Waals surface area contributed by atoms with Crippen LogP contribution in [0.4, 0.5) is 5.69 Å². The molecule has 0 aliphatic heterocycles. The van der Waals surface area contributed by atoms with Crippen molar-refractivity contribution in [3.63, 3.8) is 0 Å². The minimum absolute atomic E-state index is 0.0510. The maximum Gasteiger partial charge on any atom is 0.266 e. The van der Waals surface area contributed by atoms with Gasteiger partial charge in [-0.1, -0.05) is 60.1 Å². The van der Waals surface area contributed by atoms with Gasteiger partial charge in [-0.15, -0.1) is 0 Å². The monoisotopic (exact) mass is 398 g/mol. The summed E-state index contributed by atoms with van der Waals surface area (Å²) in [5, 5.41) is 14.8. The zero-order valence-corrected chi connectivity index (χ0v) is 16.0. The van der Waals surface area contributed by atoms with Crippen molar-refractivity contribution in [1.29, 1.82) is 5.26 Å². The molecule has 5 heteroatoms. The third-order valence-electron chi connectivity index (χ3n) is 4.43. The van der Waals surface area contributed by atoms with Crippen molar-refractivity contribution in [2.75, 3.05) is 5.32 Å². The molecule has 4 aromatic rings. The summed E-state index contributed by atoms with van der Waals surface area (Å²) in [6, 6.07) is 26.0. The van der Waals surface area contributed by atoms with Gasteiger partial charge in [0.05, 0.1) is 0 Å². The van der Waals surface area contributed by atoms with E-state index in [9.17, 15) is 10.1 Å². The molecule has 0 atom stereocenters. The third-order valence-corrected chi connectivity index (χ3v) is 4.66. The van der Waals surface area contributed by atoms with E-state index in [1.807, 2.05) is 54.6 Å². The van der Waals surface area contributed by atoms with Crippen molar-refractivity contribution < 1.29 is 9.21 Å². The van der Waals surface area contributed by atoms with Gasteiger partial charge >= 0.3 is 0 Å². The predicted octanol–water partition coefficient (Wildman–Crippen LogP) is 6.30. The number of nitrogens with zero attached hydrogens (tertiary/aromatic N) is 1. The van der Waals surface area contributed by atoms with Crippen molar-refractivity contribution in [1.82, 2.24) is 0 Å². The number of amides is 1. The topological polar surface area (TPSA) is 66.0 Å². The van der Waals surface area contributed by atoms with Crippen molar-refractivity contribution in [2.24, 2.45) is 0 Å². The fourth-order valence-corrected chi connectivity index (χ4v) is 3.23. The van der Waals surface area contributed by atoms with E-state index < -0.39 is 5.91 Å². The van der Waals surface area contributed by atoms with Gasteiger partial charge in [0.2, 0.25) is 0 Å². The molecule has 4 rings (SSSR count). The molecule has 0 aliphatic rings. The van der Waals surface area contributed by atoms with Gasteiger partial charge in [0, 0.05) is 27.7 Å². The Kier molecular flexibility index (Phi) is 5.15. The molecule has 0 spiro atoms. The standard InChI is InChI=1S/C24H15ClN2O2/c25-19-8-3-7-17(13-19)23-12-11-20(29-23)14-18(15-26)24(28)27-22-10-4-6-16-5-1-2-9-21(16)22/h1-14H,(H,27,28)/b18-14+. The van der Waals surface area contributed by atoms with Gasteiger partial charge in [0.1, 0.15) is 23.2 Å². The first-order chi connectivity index (χ1) is 14.1. The van der Waals surface area contributed by atoms with Crippen LogP contribution in [0.25, 0.3) is 28.2 Å². The Labute approximate surface area is 172 Å². The Morgan fingerprint density at radius 1 is 1.00 bits per heavy atom. The molecule has 1 aromatic heterocycles. The summed E-state index contributed by atoms with van der Waals surface area (Å²) in [6.07, 6.45) is 1.43. The zero-order chi connectivity index (χ0) is 20.2. The highest BCUT2D eigenvalue weighted by Crippen LogP contribution is 2.26. The second kappa shape index (κ2) is 8.05. The highest BCUT2D eigenvalue weighted by Gasteiger charge is 2.13. The molecule has 3 aromatic carbocycles. The minimum atomic E-state index is -0.496. The van der Waals surface area contributed by atoms with E-state index in [1.165, 1.54) is 6.08 Å². The van der Waals surface area contributed by atoms with Crippen LogP contribution in [-0.2, 0) is 4.79 Å². The number of benzene rings is 3. The lowest BCUT2D eigenvalue weighted by atomic mass is 10.1. The quantitative estimate of drug-likeness (QED) is 0.324. The van der Waals surface area contributed by atoms with Gasteiger partial charge in [0.25, 0.3) is 5.91 Å². The van der Waals surface area contributed by atoms with E-state index in [0.29, 0.717) is 22.2 Å². The normalized spacial score (nSPS) is 11.2. The number of carbonyl (C=O) groups is 1. The molecule has 29 heavy (non-hydrogen) atoms. The van der Waals surface area contributed by atoms with E-state index in [-0.39, 0.29) is 5.57 Å². The first-order valence-corrected chi connectivity index (χ1v) is 9.28. The van der Waals surface area contributed by atoms with Crippen LogP contribution < -0.4 is 5.32 Å². The minimum Gasteiger partial charge on any atom is -0.457 e. The molecular formula is C24H15ClN2O2. The molecule has 0 saturated heterocycles. The Hall–Kier alpha value is -3.81. The highest BCUT2D eigenvalue weighted by molar-refractivity contribution is 6.30. The van der Waals surface area contributed by atoms with Gasteiger partial charge in [-0.25, -0.2) is 0 Å². The molecule has 0 radical (unpaired) electrons. The van der Waals surface area contributed by atoms with Crippen molar-refractivity contribution in [2.45, 2.75) is 0 Å². The van der Waals surface area contributed by atoms with Crippen LogP contribution in [0.3, 0.4) is 0 Å². The van der Waals surface area contributed by atoms with Crippen molar-refractivity contribution in [3.8, 4) is 17.4 Å². The summed E-state index contributed by atoms with van der Waals surface area (Å²) >= 11 is 6.02. The van der Waals surface area contributed by atoms with Crippen LogP contribution in [0.5, 0.6) is 0 Å². The van der Waals surface area contributed by atoms with Gasteiger partial charge in [-0.3, -0.25) is 4.79 Å². The van der Waals surface area contributed by atoms with Gasteiger partial charge in [-0.2, -0.15) is 5.26 Å². The number of nitrogens with one attached hydrogen (secondary N) is 1. The molecule has 1 amide bonds. The van der Waals surface area contributed by atoms with Crippen molar-refractivity contribution >= 4 is 40.0 Å². The van der Waals surface area contributed by atoms with Gasteiger partial charge in [0.15, 0.2) is 0 Å². The number of carbonyl (C=O) groups excluding carboxylic acids is 1. The summed E-state index contributed by atoms with van der Waals surface area (Å²) in [5.74, 6) is 0.514. The molecule has 4 nitrogen and oxygen atoms in total. The Balaban J connectivity index is 1.59. The average molecular weight is 399 g/mol. The fourth-order valence-electron chi connectivity index (χ4n) is 3.04. The number of furan rings is 1. The van der Waals surface area contributed by atoms with E-state index in [0.717, 1.165) is 16.3 Å². The van der Waals surface area contributed by atoms with Crippen LogP contribution in [-0.4, -0.2) is 5.91 Å². The first-order valence-electron chi connectivity index (χ1n) is 8.91. The van der Waals surface area contributed by atoms with Crippen LogP contribution in [0.1, 0.15) is 5.76 Å². The Morgan fingerprint density at radius 3 is 2.62 bits per heavy atom. The number of hydrogen-bond donors (Lipinski definition) is 1. The summed E-state index contributed by atoms with van der Waals surface area (Å²) in [5.41, 5.74) is 1.41. The maximum absolute atomic E-state index is 12.7. The third kappa shape index (κ3) is 4.06. The molecule has 1 N–H and O–H groups in total. The lowest BCUT2D eigenvalue weighted by Crippen LogP contribution is -2.13. The molecule has 0 unspecified atom stereocenters. The molecule has 0 saturated carbocycles. The highest BCUT2D eigenvalue weighted by atomic mass is 35.5. The second-order valence-corrected chi connectivity index (χ2v) is 6.80. The zero-order valence-electron chi connectivity index (χ0n) is 15.2. The SMILES string of the molecule is N#C/C(=C\c1ccc(-c2cccc(Cl)c2)o1)C(=O)Nc1cccc2ccccc12. The average Bonchev–Trinajstić information content (AvgIpc) is 3.21. The maximum atomic E-state index is 12.7. The number of halogens is 1. The van der Waals surface area contributed by atoms with Crippen LogP contribution in [0.2, 0.25) is 5.02 Å². The molecule has 140 valence electrons. The van der Waals surface area contributed by atoms with Crippen molar-refractivity contribution in [3.05, 3.63) is 95.2 Å². The molecule has 0 fully saturated rings. The van der Waals surface area contributed by atoms with Crippen LogP contribution in [0.15, 0.2) is 88.9 Å². The lowest BCUT2D eigenvalue weighted by Gasteiger charge is -2.08. The first kappa shape index (κ1) is 18.5. The lowest BCUT2D eigenvalue weighted by molar-refractivity contribution is -0.112. The number of fused-ring (bicyclic) bond motifs is 1. The number of rotatable bonds is 4. The Morgan fingerprint density at radius 2 is 1.79 bits per heavy atom. The smallest absolute Gasteiger partial charge is 0.266 e. The van der Waals surface area contributed by atoms with Gasteiger partial charge in [-0.05, 0) is 35.7 Å². The summed E-state index contributed by atoms with van der Waals surface area (Å²) in [7, 11) is 0. The molecule has 0 bridgehead atoms. The van der Waals surface area contributed by atoms with Gasteiger partial charge < -0.3 is 9.73 Å². The summed E-state index contributed by atoms with van der Waals surface area (Å²) in [6.45, 7) is 0. The number of hydrogen-bond acceptors (Lipinski definition) is 3. The fraction of sp³-hybridized carbons (Fsp3) is 0. The van der Waals surface area contributed by atoms with Crippen LogP contribution in [0, 0.1) is 11.3 Å². The van der Waals surface area contributed by atoms with E-state index in [1.54, 1.807) is 30.3 Å². The Bertz CT molecular complexity index is 1280. The predicted molar refractivity (Wildman–Crippen MR) is 115 cm³/mol. The second-order valence-electron chi connectivity index (χ2n) is 6.36. The summed E-state index contributed by atoms with van der Waals surface area (Å²) < 4.78 is 5.76. The van der Waals surface area contributed by atoms with E-state index >= 15 is 0 Å². The van der Waals surface area contributed by atoms with E-state index in [2.05, 4.69) is 5.32 Å². The number of nitriles is 1. The van der Waals surface area contributed by atoms with Crippen LogP contribution >= 0.6 is 11.6 Å². The molecule has 1 heterocycles.